The number of anilines is 1. The lowest BCUT2D eigenvalue weighted by Crippen LogP contribution is -2.34. The van der Waals surface area contributed by atoms with Crippen molar-refractivity contribution in [2.24, 2.45) is 0 Å². The molecule has 1 aromatic heterocycles. The number of aliphatic hydroxyl groups is 1. The van der Waals surface area contributed by atoms with Crippen molar-refractivity contribution in [2.75, 3.05) is 11.9 Å². The smallest absolute Gasteiger partial charge is 0.319 e. The normalized spacial score (nSPS) is 16.5. The second-order valence-corrected chi connectivity index (χ2v) is 6.43. The van der Waals surface area contributed by atoms with Crippen molar-refractivity contribution in [3.8, 4) is 0 Å². The molecule has 1 aromatic carbocycles. The van der Waals surface area contributed by atoms with Crippen LogP contribution in [0, 0.1) is 6.92 Å². The fraction of sp³-hybridized carbons (Fsp3) is 0.412. The maximum Gasteiger partial charge on any atom is 0.319 e. The molecule has 0 saturated carbocycles. The number of nitrogens with zero attached hydrogens (tertiary/aromatic N) is 2. The van der Waals surface area contributed by atoms with E-state index in [1.54, 1.807) is 12.3 Å². The summed E-state index contributed by atoms with van der Waals surface area (Å²) < 4.78 is 1.82. The van der Waals surface area contributed by atoms with Crippen molar-refractivity contribution in [1.82, 2.24) is 15.1 Å². The lowest BCUT2D eigenvalue weighted by molar-refractivity contribution is 0.246. The SMILES string of the molecule is Cc1ccc(NC(=O)N[C@@H]2CCCc3c2cnn3CCO)c(Cl)c1. The molecule has 0 fully saturated rings. The van der Waals surface area contributed by atoms with Crippen LogP contribution in [0.2, 0.25) is 5.02 Å². The summed E-state index contributed by atoms with van der Waals surface area (Å²) in [7, 11) is 0. The Kier molecular flexibility index (Phi) is 5.06. The molecule has 3 rings (SSSR count). The number of carbonyl (C=O) groups excluding carboxylic acids is 1. The predicted octanol–water partition coefficient (Wildman–Crippen LogP) is 3.04. The topological polar surface area (TPSA) is 79.2 Å². The lowest BCUT2D eigenvalue weighted by atomic mass is 9.93. The van der Waals surface area contributed by atoms with Crippen molar-refractivity contribution in [1.29, 1.82) is 0 Å². The molecule has 0 unspecified atom stereocenters. The van der Waals surface area contributed by atoms with E-state index in [1.807, 2.05) is 23.7 Å². The second kappa shape index (κ2) is 7.23. The Morgan fingerprint density at radius 2 is 2.33 bits per heavy atom. The Hall–Kier alpha value is -2.05. The third kappa shape index (κ3) is 3.55. The van der Waals surface area contributed by atoms with E-state index in [0.29, 0.717) is 17.3 Å². The molecule has 1 aliphatic rings. The van der Waals surface area contributed by atoms with Crippen LogP contribution in [0.1, 0.15) is 35.7 Å². The number of amides is 2. The van der Waals surface area contributed by atoms with Crippen LogP contribution in [0.15, 0.2) is 24.4 Å². The minimum absolute atomic E-state index is 0.0542. The van der Waals surface area contributed by atoms with E-state index in [9.17, 15) is 4.79 Å². The molecule has 1 heterocycles. The maximum absolute atomic E-state index is 12.3. The number of aromatic nitrogens is 2. The molecule has 0 radical (unpaired) electrons. The Labute approximate surface area is 145 Å². The van der Waals surface area contributed by atoms with Crippen LogP contribution in [0.3, 0.4) is 0 Å². The molecule has 2 amide bonds. The van der Waals surface area contributed by atoms with Gasteiger partial charge in [0.2, 0.25) is 0 Å². The fourth-order valence-corrected chi connectivity index (χ4v) is 3.38. The number of aryl methyl sites for hydroxylation is 1. The number of benzene rings is 1. The summed E-state index contributed by atoms with van der Waals surface area (Å²) in [5.74, 6) is 0. The number of aliphatic hydroxyl groups excluding tert-OH is 1. The van der Waals surface area contributed by atoms with Crippen molar-refractivity contribution < 1.29 is 9.90 Å². The summed E-state index contributed by atoms with van der Waals surface area (Å²) in [5, 5.41) is 19.7. The molecule has 24 heavy (non-hydrogen) atoms. The van der Waals surface area contributed by atoms with Gasteiger partial charge in [0.05, 0.1) is 36.1 Å². The summed E-state index contributed by atoms with van der Waals surface area (Å²) in [6.07, 6.45) is 4.54. The van der Waals surface area contributed by atoms with Gasteiger partial charge in [0.25, 0.3) is 0 Å². The maximum atomic E-state index is 12.3. The molecule has 0 bridgehead atoms. The number of hydrogen-bond acceptors (Lipinski definition) is 3. The highest BCUT2D eigenvalue weighted by molar-refractivity contribution is 6.33. The van der Waals surface area contributed by atoms with E-state index in [2.05, 4.69) is 15.7 Å². The van der Waals surface area contributed by atoms with Crippen LogP contribution < -0.4 is 10.6 Å². The average molecular weight is 349 g/mol. The molecule has 6 nitrogen and oxygen atoms in total. The first-order valence-electron chi connectivity index (χ1n) is 8.07. The second-order valence-electron chi connectivity index (χ2n) is 6.02. The van der Waals surface area contributed by atoms with Gasteiger partial charge in [0, 0.05) is 11.3 Å². The first-order valence-corrected chi connectivity index (χ1v) is 8.45. The van der Waals surface area contributed by atoms with Gasteiger partial charge in [-0.15, -0.1) is 0 Å². The molecule has 0 saturated heterocycles. The lowest BCUT2D eigenvalue weighted by Gasteiger charge is -2.24. The number of halogens is 1. The molecule has 128 valence electrons. The molecule has 1 aliphatic carbocycles. The molecule has 0 spiro atoms. The molecular formula is C17H21ClN4O2. The highest BCUT2D eigenvalue weighted by Crippen LogP contribution is 2.30. The third-order valence-electron chi connectivity index (χ3n) is 4.25. The van der Waals surface area contributed by atoms with Crippen molar-refractivity contribution in [3.05, 3.63) is 46.2 Å². The Bertz CT molecular complexity index is 744. The van der Waals surface area contributed by atoms with E-state index in [1.165, 1.54) is 0 Å². The van der Waals surface area contributed by atoms with E-state index in [4.69, 9.17) is 16.7 Å². The predicted molar refractivity (Wildman–Crippen MR) is 93.3 cm³/mol. The number of urea groups is 1. The van der Waals surface area contributed by atoms with Gasteiger partial charge in [-0.2, -0.15) is 5.10 Å². The van der Waals surface area contributed by atoms with Gasteiger partial charge in [-0.3, -0.25) is 4.68 Å². The van der Waals surface area contributed by atoms with Gasteiger partial charge in [-0.25, -0.2) is 4.79 Å². The third-order valence-corrected chi connectivity index (χ3v) is 4.57. The monoisotopic (exact) mass is 348 g/mol. The van der Waals surface area contributed by atoms with Crippen LogP contribution in [0.25, 0.3) is 0 Å². The van der Waals surface area contributed by atoms with Crippen LogP contribution in [0.5, 0.6) is 0 Å². The molecule has 2 aromatic rings. The van der Waals surface area contributed by atoms with Crippen LogP contribution >= 0.6 is 11.6 Å². The van der Waals surface area contributed by atoms with Gasteiger partial charge in [-0.1, -0.05) is 17.7 Å². The van der Waals surface area contributed by atoms with E-state index >= 15 is 0 Å². The van der Waals surface area contributed by atoms with Gasteiger partial charge >= 0.3 is 6.03 Å². The number of carbonyl (C=O) groups is 1. The standard InChI is InChI=1S/C17H21ClN4O2/c1-11-5-6-15(13(18)9-11)21-17(24)20-14-3-2-4-16-12(14)10-19-22(16)7-8-23/h5-6,9-10,14,23H,2-4,7-8H2,1H3,(H2,20,21,24)/t14-/m1/s1. The average Bonchev–Trinajstić information content (AvgIpc) is 2.95. The zero-order valence-electron chi connectivity index (χ0n) is 13.6. The van der Waals surface area contributed by atoms with Crippen molar-refractivity contribution >= 4 is 23.3 Å². The zero-order chi connectivity index (χ0) is 17.1. The number of rotatable bonds is 4. The summed E-state index contributed by atoms with van der Waals surface area (Å²) >= 11 is 6.16. The minimum atomic E-state index is -0.284. The summed E-state index contributed by atoms with van der Waals surface area (Å²) in [4.78, 5) is 12.3. The number of hydrogen-bond donors (Lipinski definition) is 3. The Balaban J connectivity index is 1.69. The first-order chi connectivity index (χ1) is 11.6. The summed E-state index contributed by atoms with van der Waals surface area (Å²) in [6.45, 7) is 2.48. The van der Waals surface area contributed by atoms with Crippen molar-refractivity contribution in [3.63, 3.8) is 0 Å². The molecule has 1 atom stereocenters. The largest absolute Gasteiger partial charge is 0.394 e. The van der Waals surface area contributed by atoms with Gasteiger partial charge in [0.1, 0.15) is 0 Å². The van der Waals surface area contributed by atoms with E-state index in [-0.39, 0.29) is 18.7 Å². The first kappa shape index (κ1) is 16.8. The number of fused-ring (bicyclic) bond motifs is 1. The minimum Gasteiger partial charge on any atom is -0.394 e. The molecular weight excluding hydrogens is 328 g/mol. The van der Waals surface area contributed by atoms with Crippen LogP contribution in [-0.4, -0.2) is 27.5 Å². The quantitative estimate of drug-likeness (QED) is 0.794. The van der Waals surface area contributed by atoms with Gasteiger partial charge in [-0.05, 0) is 43.9 Å². The van der Waals surface area contributed by atoms with Gasteiger partial charge < -0.3 is 15.7 Å². The molecule has 0 aliphatic heterocycles. The molecule has 3 N–H and O–H groups in total. The Morgan fingerprint density at radius 1 is 1.50 bits per heavy atom. The van der Waals surface area contributed by atoms with E-state index < -0.39 is 0 Å². The molecule has 7 heteroatoms. The van der Waals surface area contributed by atoms with Gasteiger partial charge in [0.15, 0.2) is 0 Å². The summed E-state index contributed by atoms with van der Waals surface area (Å²) in [5.41, 5.74) is 3.75. The highest BCUT2D eigenvalue weighted by atomic mass is 35.5. The van der Waals surface area contributed by atoms with Crippen LogP contribution in [-0.2, 0) is 13.0 Å². The van der Waals surface area contributed by atoms with Crippen molar-refractivity contribution in [2.45, 2.75) is 38.8 Å². The fourth-order valence-electron chi connectivity index (χ4n) is 3.09. The number of nitrogens with one attached hydrogen (secondary N) is 2. The Morgan fingerprint density at radius 3 is 3.08 bits per heavy atom. The highest BCUT2D eigenvalue weighted by Gasteiger charge is 2.25. The van der Waals surface area contributed by atoms with E-state index in [0.717, 1.165) is 36.1 Å². The summed E-state index contributed by atoms with van der Waals surface area (Å²) in [6, 6.07) is 5.15. The zero-order valence-corrected chi connectivity index (χ0v) is 14.3. The van der Waals surface area contributed by atoms with Crippen LogP contribution in [0.4, 0.5) is 10.5 Å².